The zero-order chi connectivity index (χ0) is 20.2. The standard InChI is InChI=1S/C21H23Cl2N3O3/c22-18-3-2-16(13-19(18)23)25-7-9-26(10-8-25)21(27)15-1-4-20(24-14-15)29-17-5-11-28-12-6-17/h1-4,13-14,17H,5-12H2. The summed E-state index contributed by atoms with van der Waals surface area (Å²) >= 11 is 12.1. The fourth-order valence-electron chi connectivity index (χ4n) is 3.57. The van der Waals surface area contributed by atoms with Crippen LogP contribution in [0, 0.1) is 0 Å². The molecule has 1 aromatic heterocycles. The van der Waals surface area contributed by atoms with Gasteiger partial charge >= 0.3 is 0 Å². The zero-order valence-electron chi connectivity index (χ0n) is 16.0. The molecule has 2 fully saturated rings. The molecule has 8 heteroatoms. The van der Waals surface area contributed by atoms with Crippen LogP contribution in [0.1, 0.15) is 23.2 Å². The summed E-state index contributed by atoms with van der Waals surface area (Å²) in [6.07, 6.45) is 3.46. The maximum atomic E-state index is 12.8. The van der Waals surface area contributed by atoms with Gasteiger partial charge < -0.3 is 19.3 Å². The first-order valence-corrected chi connectivity index (χ1v) is 10.6. The van der Waals surface area contributed by atoms with Crippen molar-refractivity contribution in [1.29, 1.82) is 0 Å². The Morgan fingerprint density at radius 3 is 2.45 bits per heavy atom. The van der Waals surface area contributed by atoms with Crippen LogP contribution in [-0.2, 0) is 4.74 Å². The van der Waals surface area contributed by atoms with E-state index in [2.05, 4.69) is 9.88 Å². The monoisotopic (exact) mass is 435 g/mol. The van der Waals surface area contributed by atoms with E-state index < -0.39 is 0 Å². The second-order valence-electron chi connectivity index (χ2n) is 7.19. The Labute approximate surface area is 180 Å². The molecular weight excluding hydrogens is 413 g/mol. The number of carbonyl (C=O) groups excluding carboxylic acids is 1. The number of rotatable bonds is 4. The first kappa shape index (κ1) is 20.3. The van der Waals surface area contributed by atoms with Crippen LogP contribution in [0.3, 0.4) is 0 Å². The maximum Gasteiger partial charge on any atom is 0.255 e. The quantitative estimate of drug-likeness (QED) is 0.728. The molecule has 0 bridgehead atoms. The van der Waals surface area contributed by atoms with E-state index in [-0.39, 0.29) is 12.0 Å². The fraction of sp³-hybridized carbons (Fsp3) is 0.429. The van der Waals surface area contributed by atoms with Gasteiger partial charge in [0, 0.05) is 57.0 Å². The van der Waals surface area contributed by atoms with Gasteiger partial charge in [-0.05, 0) is 24.3 Å². The Morgan fingerprint density at radius 2 is 1.79 bits per heavy atom. The third-order valence-electron chi connectivity index (χ3n) is 5.27. The van der Waals surface area contributed by atoms with E-state index >= 15 is 0 Å². The number of carbonyl (C=O) groups is 1. The SMILES string of the molecule is O=C(c1ccc(OC2CCOCC2)nc1)N1CCN(c2ccc(Cl)c(Cl)c2)CC1. The number of pyridine rings is 1. The molecule has 0 aliphatic carbocycles. The van der Waals surface area contributed by atoms with Crippen molar-refractivity contribution in [3.05, 3.63) is 52.1 Å². The van der Waals surface area contributed by atoms with Crippen LogP contribution in [-0.4, -0.2) is 61.3 Å². The molecule has 29 heavy (non-hydrogen) atoms. The van der Waals surface area contributed by atoms with Gasteiger partial charge in [-0.2, -0.15) is 0 Å². The second kappa shape index (κ2) is 9.20. The third-order valence-corrected chi connectivity index (χ3v) is 6.01. The van der Waals surface area contributed by atoms with Crippen LogP contribution < -0.4 is 9.64 Å². The van der Waals surface area contributed by atoms with E-state index in [1.807, 2.05) is 17.0 Å². The number of aromatic nitrogens is 1. The van der Waals surface area contributed by atoms with Gasteiger partial charge in [-0.25, -0.2) is 4.98 Å². The van der Waals surface area contributed by atoms with Gasteiger partial charge in [-0.3, -0.25) is 4.79 Å². The summed E-state index contributed by atoms with van der Waals surface area (Å²) in [4.78, 5) is 21.2. The molecule has 2 aromatic rings. The smallest absolute Gasteiger partial charge is 0.255 e. The van der Waals surface area contributed by atoms with E-state index in [1.54, 1.807) is 24.4 Å². The van der Waals surface area contributed by atoms with Crippen molar-refractivity contribution >= 4 is 34.8 Å². The largest absolute Gasteiger partial charge is 0.474 e. The van der Waals surface area contributed by atoms with E-state index in [9.17, 15) is 4.79 Å². The average Bonchev–Trinajstić information content (AvgIpc) is 2.77. The van der Waals surface area contributed by atoms with Crippen LogP contribution in [0.5, 0.6) is 5.88 Å². The molecule has 1 amide bonds. The molecular formula is C21H23Cl2N3O3. The third kappa shape index (κ3) is 4.94. The number of nitrogens with zero attached hydrogens (tertiary/aromatic N) is 3. The minimum absolute atomic E-state index is 0.0103. The summed E-state index contributed by atoms with van der Waals surface area (Å²) in [6, 6.07) is 9.17. The molecule has 6 nitrogen and oxygen atoms in total. The Kier molecular flexibility index (Phi) is 6.43. The summed E-state index contributed by atoms with van der Waals surface area (Å²) in [5, 5.41) is 1.08. The summed E-state index contributed by atoms with van der Waals surface area (Å²) in [5.41, 5.74) is 1.59. The summed E-state index contributed by atoms with van der Waals surface area (Å²) < 4.78 is 11.2. The molecule has 4 rings (SSSR count). The van der Waals surface area contributed by atoms with Crippen molar-refractivity contribution in [2.75, 3.05) is 44.3 Å². The first-order chi connectivity index (χ1) is 14.1. The van der Waals surface area contributed by atoms with E-state index in [0.29, 0.717) is 34.6 Å². The highest BCUT2D eigenvalue weighted by Gasteiger charge is 2.23. The van der Waals surface area contributed by atoms with Gasteiger partial charge in [0.25, 0.3) is 5.91 Å². The van der Waals surface area contributed by atoms with Gasteiger partial charge in [-0.1, -0.05) is 23.2 Å². The second-order valence-corrected chi connectivity index (χ2v) is 8.01. The van der Waals surface area contributed by atoms with Crippen molar-refractivity contribution in [3.63, 3.8) is 0 Å². The Hall–Kier alpha value is -2.02. The number of halogens is 2. The molecule has 2 aliphatic heterocycles. The fourth-order valence-corrected chi connectivity index (χ4v) is 3.87. The molecule has 0 unspecified atom stereocenters. The number of hydrogen-bond acceptors (Lipinski definition) is 5. The highest BCUT2D eigenvalue weighted by atomic mass is 35.5. The zero-order valence-corrected chi connectivity index (χ0v) is 17.5. The maximum absolute atomic E-state index is 12.8. The van der Waals surface area contributed by atoms with Crippen molar-refractivity contribution in [1.82, 2.24) is 9.88 Å². The topological polar surface area (TPSA) is 54.9 Å². The van der Waals surface area contributed by atoms with E-state index in [0.717, 1.165) is 44.8 Å². The van der Waals surface area contributed by atoms with Crippen molar-refractivity contribution < 1.29 is 14.3 Å². The Bertz CT molecular complexity index is 849. The summed E-state index contributed by atoms with van der Waals surface area (Å²) in [5.74, 6) is 0.543. The minimum atomic E-state index is -0.0103. The molecule has 0 spiro atoms. The number of ether oxygens (including phenoxy) is 2. The predicted molar refractivity (Wildman–Crippen MR) is 113 cm³/mol. The molecule has 0 atom stereocenters. The first-order valence-electron chi connectivity index (χ1n) is 9.80. The Balaban J connectivity index is 1.32. The molecule has 154 valence electrons. The lowest BCUT2D eigenvalue weighted by Gasteiger charge is -2.36. The van der Waals surface area contributed by atoms with Crippen LogP contribution in [0.15, 0.2) is 36.5 Å². The van der Waals surface area contributed by atoms with Gasteiger partial charge in [0.1, 0.15) is 6.10 Å². The molecule has 0 N–H and O–H groups in total. The van der Waals surface area contributed by atoms with Gasteiger partial charge in [0.05, 0.1) is 28.8 Å². The van der Waals surface area contributed by atoms with Gasteiger partial charge in [0.15, 0.2) is 0 Å². The molecule has 0 radical (unpaired) electrons. The van der Waals surface area contributed by atoms with E-state index in [1.165, 1.54) is 0 Å². The normalized spacial score (nSPS) is 18.0. The molecule has 1 aromatic carbocycles. The highest BCUT2D eigenvalue weighted by molar-refractivity contribution is 6.42. The van der Waals surface area contributed by atoms with Crippen molar-refractivity contribution in [2.24, 2.45) is 0 Å². The number of piperazine rings is 1. The number of amides is 1. The number of benzene rings is 1. The summed E-state index contributed by atoms with van der Waals surface area (Å²) in [7, 11) is 0. The van der Waals surface area contributed by atoms with Crippen molar-refractivity contribution in [3.8, 4) is 5.88 Å². The number of anilines is 1. The predicted octanol–water partition coefficient (Wildman–Crippen LogP) is 3.91. The van der Waals surface area contributed by atoms with Crippen LogP contribution in [0.2, 0.25) is 10.0 Å². The van der Waals surface area contributed by atoms with Crippen LogP contribution >= 0.6 is 23.2 Å². The molecule has 2 aliphatic rings. The average molecular weight is 436 g/mol. The highest BCUT2D eigenvalue weighted by Crippen LogP contribution is 2.28. The lowest BCUT2D eigenvalue weighted by Crippen LogP contribution is -2.48. The van der Waals surface area contributed by atoms with Crippen molar-refractivity contribution in [2.45, 2.75) is 18.9 Å². The Morgan fingerprint density at radius 1 is 1.03 bits per heavy atom. The van der Waals surface area contributed by atoms with Crippen LogP contribution in [0.25, 0.3) is 0 Å². The van der Waals surface area contributed by atoms with Gasteiger partial charge in [-0.15, -0.1) is 0 Å². The summed E-state index contributed by atoms with van der Waals surface area (Å²) in [6.45, 7) is 4.19. The molecule has 2 saturated heterocycles. The van der Waals surface area contributed by atoms with E-state index in [4.69, 9.17) is 32.7 Å². The lowest BCUT2D eigenvalue weighted by atomic mass is 10.1. The lowest BCUT2D eigenvalue weighted by molar-refractivity contribution is 0.0237. The minimum Gasteiger partial charge on any atom is -0.474 e. The number of hydrogen-bond donors (Lipinski definition) is 0. The van der Waals surface area contributed by atoms with Crippen LogP contribution in [0.4, 0.5) is 5.69 Å². The molecule has 0 saturated carbocycles. The van der Waals surface area contributed by atoms with Gasteiger partial charge in [0.2, 0.25) is 5.88 Å². The molecule has 3 heterocycles.